The summed E-state index contributed by atoms with van der Waals surface area (Å²) in [5, 5.41) is 14.2. The van der Waals surface area contributed by atoms with Gasteiger partial charge in [0.1, 0.15) is 11.9 Å². The molecule has 2 N–H and O–H groups in total. The van der Waals surface area contributed by atoms with E-state index in [4.69, 9.17) is 5.26 Å². The molecule has 0 spiro atoms. The summed E-state index contributed by atoms with van der Waals surface area (Å²) < 4.78 is 0. The first kappa shape index (κ1) is 18.4. The maximum atomic E-state index is 12.0. The fourth-order valence-corrected chi connectivity index (χ4v) is 3.09. The van der Waals surface area contributed by atoms with Crippen molar-refractivity contribution in [1.82, 2.24) is 10.3 Å². The molecule has 0 saturated carbocycles. The van der Waals surface area contributed by atoms with Crippen LogP contribution in [0.5, 0.6) is 0 Å². The number of nitrogens with one attached hydrogen (secondary N) is 2. The van der Waals surface area contributed by atoms with E-state index in [0.29, 0.717) is 23.7 Å². The van der Waals surface area contributed by atoms with Gasteiger partial charge in [0.2, 0.25) is 0 Å². The molecule has 7 heteroatoms. The third kappa shape index (κ3) is 4.82. The second kappa shape index (κ2) is 8.81. The Kier molecular flexibility index (Phi) is 6.00. The molecule has 1 fully saturated rings. The van der Waals surface area contributed by atoms with Crippen LogP contribution in [-0.2, 0) is 9.59 Å². The Labute approximate surface area is 158 Å². The van der Waals surface area contributed by atoms with Crippen molar-refractivity contribution in [3.8, 4) is 6.07 Å². The van der Waals surface area contributed by atoms with Gasteiger partial charge in [-0.15, -0.1) is 0 Å². The summed E-state index contributed by atoms with van der Waals surface area (Å²) in [4.78, 5) is 30.7. The topological polar surface area (TPSA) is 98.1 Å². The first-order valence-electron chi connectivity index (χ1n) is 8.91. The molecule has 1 aromatic heterocycles. The molecule has 0 radical (unpaired) electrons. The molecule has 0 aliphatic carbocycles. The van der Waals surface area contributed by atoms with Gasteiger partial charge in [0.15, 0.2) is 0 Å². The average Bonchev–Trinajstić information content (AvgIpc) is 2.73. The lowest BCUT2D eigenvalue weighted by Gasteiger charge is -2.32. The molecule has 27 heavy (non-hydrogen) atoms. The van der Waals surface area contributed by atoms with Crippen molar-refractivity contribution >= 4 is 23.3 Å². The normalized spacial score (nSPS) is 14.3. The standard InChI is InChI=1S/C20H21N5O2/c21-13-16-5-1-2-6-17(16)24-20(27)19(26)23-14-15-8-11-25(12-9-15)18-7-3-4-10-22-18/h1-7,10,15H,8-9,11-12,14H2,(H,23,26)(H,24,27). The predicted molar refractivity (Wildman–Crippen MR) is 102 cm³/mol. The molecular weight excluding hydrogens is 342 g/mol. The Balaban J connectivity index is 1.44. The van der Waals surface area contributed by atoms with Crippen LogP contribution in [0.4, 0.5) is 11.5 Å². The largest absolute Gasteiger partial charge is 0.357 e. The number of rotatable bonds is 4. The highest BCUT2D eigenvalue weighted by molar-refractivity contribution is 6.39. The van der Waals surface area contributed by atoms with Gasteiger partial charge in [0.05, 0.1) is 11.3 Å². The molecular formula is C20H21N5O2. The number of hydrogen-bond donors (Lipinski definition) is 2. The molecule has 2 amide bonds. The Bertz CT molecular complexity index is 839. The van der Waals surface area contributed by atoms with E-state index in [1.165, 1.54) is 0 Å². The first-order chi connectivity index (χ1) is 13.2. The van der Waals surface area contributed by atoms with Crippen molar-refractivity contribution in [3.63, 3.8) is 0 Å². The van der Waals surface area contributed by atoms with Crippen LogP contribution in [0.25, 0.3) is 0 Å². The average molecular weight is 363 g/mol. The van der Waals surface area contributed by atoms with E-state index >= 15 is 0 Å². The SMILES string of the molecule is N#Cc1ccccc1NC(=O)C(=O)NCC1CCN(c2ccccn2)CC1. The number of para-hydroxylation sites is 1. The van der Waals surface area contributed by atoms with Crippen LogP contribution in [-0.4, -0.2) is 36.4 Å². The molecule has 7 nitrogen and oxygen atoms in total. The van der Waals surface area contributed by atoms with E-state index in [2.05, 4.69) is 20.5 Å². The summed E-state index contributed by atoms with van der Waals surface area (Å²) >= 11 is 0. The van der Waals surface area contributed by atoms with Gasteiger partial charge in [-0.25, -0.2) is 4.98 Å². The van der Waals surface area contributed by atoms with Crippen LogP contribution in [0.1, 0.15) is 18.4 Å². The maximum absolute atomic E-state index is 12.0. The minimum absolute atomic E-state index is 0.320. The summed E-state index contributed by atoms with van der Waals surface area (Å²) in [6.07, 6.45) is 3.64. The predicted octanol–water partition coefficient (Wildman–Crippen LogP) is 1.92. The molecule has 1 aliphatic heterocycles. The van der Waals surface area contributed by atoms with Gasteiger partial charge in [0.25, 0.3) is 0 Å². The van der Waals surface area contributed by atoms with Gasteiger partial charge in [-0.3, -0.25) is 9.59 Å². The van der Waals surface area contributed by atoms with Crippen molar-refractivity contribution in [2.24, 2.45) is 5.92 Å². The van der Waals surface area contributed by atoms with Crippen molar-refractivity contribution in [2.75, 3.05) is 29.9 Å². The van der Waals surface area contributed by atoms with Gasteiger partial charge in [-0.05, 0) is 43.0 Å². The minimum atomic E-state index is -0.761. The highest BCUT2D eigenvalue weighted by Crippen LogP contribution is 2.21. The number of hydrogen-bond acceptors (Lipinski definition) is 5. The van der Waals surface area contributed by atoms with Crippen LogP contribution >= 0.6 is 0 Å². The van der Waals surface area contributed by atoms with Crippen LogP contribution < -0.4 is 15.5 Å². The molecule has 138 valence electrons. The van der Waals surface area contributed by atoms with Gasteiger partial charge in [-0.1, -0.05) is 18.2 Å². The van der Waals surface area contributed by atoms with Crippen LogP contribution in [0.3, 0.4) is 0 Å². The minimum Gasteiger partial charge on any atom is -0.357 e. The number of pyridine rings is 1. The molecule has 2 aromatic rings. The fraction of sp³-hybridized carbons (Fsp3) is 0.300. The molecule has 3 rings (SSSR count). The Morgan fingerprint density at radius 2 is 1.85 bits per heavy atom. The summed E-state index contributed by atoms with van der Waals surface area (Å²) in [6.45, 7) is 2.21. The van der Waals surface area contributed by atoms with E-state index < -0.39 is 11.8 Å². The van der Waals surface area contributed by atoms with E-state index in [9.17, 15) is 9.59 Å². The van der Waals surface area contributed by atoms with Crippen molar-refractivity contribution in [3.05, 3.63) is 54.2 Å². The van der Waals surface area contributed by atoms with Crippen molar-refractivity contribution in [2.45, 2.75) is 12.8 Å². The van der Waals surface area contributed by atoms with Crippen molar-refractivity contribution in [1.29, 1.82) is 5.26 Å². The Hall–Kier alpha value is -3.40. The molecule has 0 bridgehead atoms. The third-order valence-electron chi connectivity index (χ3n) is 4.64. The quantitative estimate of drug-likeness (QED) is 0.809. The lowest BCUT2D eigenvalue weighted by atomic mass is 9.97. The molecule has 1 aliphatic rings. The monoisotopic (exact) mass is 363 g/mol. The lowest BCUT2D eigenvalue weighted by molar-refractivity contribution is -0.136. The number of benzene rings is 1. The second-order valence-electron chi connectivity index (χ2n) is 6.44. The smallest absolute Gasteiger partial charge is 0.313 e. The second-order valence-corrected chi connectivity index (χ2v) is 6.44. The lowest BCUT2D eigenvalue weighted by Crippen LogP contribution is -2.42. The number of aromatic nitrogens is 1. The first-order valence-corrected chi connectivity index (χ1v) is 8.91. The zero-order valence-electron chi connectivity index (χ0n) is 14.9. The number of amides is 2. The number of carbonyl (C=O) groups excluding carboxylic acids is 2. The van der Waals surface area contributed by atoms with E-state index in [1.54, 1.807) is 30.5 Å². The summed E-state index contributed by atoms with van der Waals surface area (Å²) in [5.41, 5.74) is 0.657. The zero-order valence-corrected chi connectivity index (χ0v) is 14.9. The summed E-state index contributed by atoms with van der Waals surface area (Å²) in [6, 6.07) is 14.4. The number of nitriles is 1. The number of carbonyl (C=O) groups is 2. The maximum Gasteiger partial charge on any atom is 0.313 e. The number of anilines is 2. The fourth-order valence-electron chi connectivity index (χ4n) is 3.09. The number of nitrogens with zero attached hydrogens (tertiary/aromatic N) is 3. The van der Waals surface area contributed by atoms with Crippen LogP contribution in [0, 0.1) is 17.2 Å². The third-order valence-corrected chi connectivity index (χ3v) is 4.64. The van der Waals surface area contributed by atoms with Gasteiger partial charge in [-0.2, -0.15) is 5.26 Å². The molecule has 2 heterocycles. The molecule has 1 aromatic carbocycles. The molecule has 0 atom stereocenters. The highest BCUT2D eigenvalue weighted by atomic mass is 16.2. The summed E-state index contributed by atoms with van der Waals surface area (Å²) in [7, 11) is 0. The van der Waals surface area contributed by atoms with E-state index in [1.807, 2.05) is 24.3 Å². The highest BCUT2D eigenvalue weighted by Gasteiger charge is 2.22. The van der Waals surface area contributed by atoms with Gasteiger partial charge in [0, 0.05) is 25.8 Å². The Morgan fingerprint density at radius 1 is 1.11 bits per heavy atom. The van der Waals surface area contributed by atoms with Crippen LogP contribution in [0.2, 0.25) is 0 Å². The van der Waals surface area contributed by atoms with Crippen molar-refractivity contribution < 1.29 is 9.59 Å². The van der Waals surface area contributed by atoms with E-state index in [-0.39, 0.29) is 0 Å². The van der Waals surface area contributed by atoms with Gasteiger partial charge >= 0.3 is 11.8 Å². The number of piperidine rings is 1. The summed E-state index contributed by atoms with van der Waals surface area (Å²) in [5.74, 6) is -0.151. The van der Waals surface area contributed by atoms with Crippen LogP contribution in [0.15, 0.2) is 48.7 Å². The van der Waals surface area contributed by atoms with Gasteiger partial charge < -0.3 is 15.5 Å². The Morgan fingerprint density at radius 3 is 2.56 bits per heavy atom. The molecule has 1 saturated heterocycles. The molecule has 0 unspecified atom stereocenters. The van der Waals surface area contributed by atoms with E-state index in [0.717, 1.165) is 31.7 Å². The zero-order chi connectivity index (χ0) is 19.1.